The van der Waals surface area contributed by atoms with Gasteiger partial charge in [-0.05, 0) is 18.9 Å². The Bertz CT molecular complexity index is 920. The molecule has 0 amide bonds. The summed E-state index contributed by atoms with van der Waals surface area (Å²) >= 11 is 0. The first-order valence-corrected chi connectivity index (χ1v) is 12.3. The summed E-state index contributed by atoms with van der Waals surface area (Å²) in [6.07, 6.45) is 2.12. The van der Waals surface area contributed by atoms with E-state index in [4.69, 9.17) is 0 Å². The number of nitrogens with zero attached hydrogens (tertiary/aromatic N) is 3. The number of hydrogen-bond acceptors (Lipinski definition) is 7. The molecule has 28 heavy (non-hydrogen) atoms. The molecule has 0 aliphatic carbocycles. The van der Waals surface area contributed by atoms with Gasteiger partial charge in [-0.3, -0.25) is 10.1 Å². The smallest absolute Gasteiger partial charge is 0.270 e. The van der Waals surface area contributed by atoms with Crippen LogP contribution in [0.5, 0.6) is 0 Å². The van der Waals surface area contributed by atoms with Gasteiger partial charge in [0.05, 0.1) is 16.9 Å². The molecule has 0 atom stereocenters. The summed E-state index contributed by atoms with van der Waals surface area (Å²) in [5.74, 6) is 0. The fourth-order valence-corrected chi connectivity index (χ4v) is 5.86. The van der Waals surface area contributed by atoms with Gasteiger partial charge in [-0.2, -0.15) is 4.31 Å². The fourth-order valence-electron chi connectivity index (χ4n) is 3.33. The normalized spacial score (nSPS) is 16.5. The van der Waals surface area contributed by atoms with Crippen LogP contribution >= 0.6 is 0 Å². The van der Waals surface area contributed by atoms with Crippen LogP contribution in [0.2, 0.25) is 0 Å². The molecule has 1 aliphatic heterocycles. The number of sulfonamides is 2. The van der Waals surface area contributed by atoms with Crippen LogP contribution in [-0.4, -0.2) is 64.5 Å². The zero-order valence-electron chi connectivity index (χ0n) is 16.2. The van der Waals surface area contributed by atoms with Crippen LogP contribution in [0, 0.1) is 10.1 Å². The maximum Gasteiger partial charge on any atom is 0.270 e. The van der Waals surface area contributed by atoms with Gasteiger partial charge in [0.25, 0.3) is 5.69 Å². The van der Waals surface area contributed by atoms with E-state index < -0.39 is 25.0 Å². The lowest BCUT2D eigenvalue weighted by atomic mass is 10.1. The van der Waals surface area contributed by atoms with E-state index in [1.807, 2.05) is 4.90 Å². The van der Waals surface area contributed by atoms with Crippen LogP contribution in [0.1, 0.15) is 26.7 Å². The Hall–Kier alpha value is -1.76. The maximum atomic E-state index is 13.1. The molecule has 12 heteroatoms. The largest absolute Gasteiger partial charge is 0.370 e. The molecule has 1 aliphatic rings. The maximum absolute atomic E-state index is 13.1. The number of piperidine rings is 1. The summed E-state index contributed by atoms with van der Waals surface area (Å²) in [6, 6.07) is 3.63. The van der Waals surface area contributed by atoms with Crippen LogP contribution in [0.15, 0.2) is 23.1 Å². The SMILES string of the molecule is CCN(CC)S(=O)(=O)c1cc([N+](=O)[O-])ccc1N1CCC(NS(C)(=O)=O)CC1. The van der Waals surface area contributed by atoms with Gasteiger partial charge in [-0.25, -0.2) is 21.6 Å². The van der Waals surface area contributed by atoms with Crippen LogP contribution in [0.3, 0.4) is 0 Å². The van der Waals surface area contributed by atoms with Crippen molar-refractivity contribution >= 4 is 31.4 Å². The Morgan fingerprint density at radius 3 is 2.21 bits per heavy atom. The van der Waals surface area contributed by atoms with Gasteiger partial charge in [0.2, 0.25) is 20.0 Å². The summed E-state index contributed by atoms with van der Waals surface area (Å²) in [5.41, 5.74) is 0.110. The van der Waals surface area contributed by atoms with Crippen LogP contribution < -0.4 is 9.62 Å². The Balaban J connectivity index is 2.39. The second-order valence-electron chi connectivity index (χ2n) is 6.65. The van der Waals surface area contributed by atoms with E-state index in [-0.39, 0.29) is 29.7 Å². The number of benzene rings is 1. The van der Waals surface area contributed by atoms with Crippen molar-refractivity contribution in [3.8, 4) is 0 Å². The van der Waals surface area contributed by atoms with Crippen molar-refractivity contribution in [1.82, 2.24) is 9.03 Å². The van der Waals surface area contributed by atoms with Gasteiger partial charge >= 0.3 is 0 Å². The van der Waals surface area contributed by atoms with Gasteiger partial charge in [0.1, 0.15) is 4.90 Å². The highest BCUT2D eigenvalue weighted by atomic mass is 32.2. The van der Waals surface area contributed by atoms with Gasteiger partial charge in [0, 0.05) is 44.4 Å². The van der Waals surface area contributed by atoms with Crippen molar-refractivity contribution in [1.29, 1.82) is 0 Å². The van der Waals surface area contributed by atoms with Gasteiger partial charge < -0.3 is 4.90 Å². The minimum absolute atomic E-state index is 0.0973. The molecule has 0 unspecified atom stereocenters. The third kappa shape index (κ3) is 5.19. The van der Waals surface area contributed by atoms with E-state index in [0.717, 1.165) is 12.3 Å². The highest BCUT2D eigenvalue weighted by Crippen LogP contribution is 2.33. The van der Waals surface area contributed by atoms with E-state index in [0.29, 0.717) is 31.6 Å². The zero-order chi connectivity index (χ0) is 21.1. The van der Waals surface area contributed by atoms with Gasteiger partial charge in [0.15, 0.2) is 0 Å². The Morgan fingerprint density at radius 2 is 1.75 bits per heavy atom. The van der Waals surface area contributed by atoms with Crippen molar-refractivity contribution < 1.29 is 21.8 Å². The van der Waals surface area contributed by atoms with E-state index in [9.17, 15) is 26.9 Å². The van der Waals surface area contributed by atoms with Crippen LogP contribution in [0.4, 0.5) is 11.4 Å². The van der Waals surface area contributed by atoms with Gasteiger partial charge in [-0.15, -0.1) is 0 Å². The van der Waals surface area contributed by atoms with Gasteiger partial charge in [-0.1, -0.05) is 13.8 Å². The zero-order valence-corrected chi connectivity index (χ0v) is 17.8. The van der Waals surface area contributed by atoms with E-state index in [1.54, 1.807) is 13.8 Å². The Morgan fingerprint density at radius 1 is 1.18 bits per heavy atom. The number of nitrogens with one attached hydrogen (secondary N) is 1. The topological polar surface area (TPSA) is 130 Å². The summed E-state index contributed by atoms with van der Waals surface area (Å²) in [4.78, 5) is 12.3. The predicted octanol–water partition coefficient (Wildman–Crippen LogP) is 1.14. The highest BCUT2D eigenvalue weighted by Gasteiger charge is 2.31. The van der Waals surface area contributed by atoms with E-state index >= 15 is 0 Å². The monoisotopic (exact) mass is 434 g/mol. The Kier molecular flexibility index (Phi) is 7.02. The molecule has 0 saturated carbocycles. The average molecular weight is 435 g/mol. The molecule has 1 aromatic rings. The summed E-state index contributed by atoms with van der Waals surface area (Å²) in [6.45, 7) is 4.79. The number of hydrogen-bond donors (Lipinski definition) is 1. The lowest BCUT2D eigenvalue weighted by molar-refractivity contribution is -0.385. The number of rotatable bonds is 8. The summed E-state index contributed by atoms with van der Waals surface area (Å²) in [7, 11) is -7.22. The quantitative estimate of drug-likeness (QED) is 0.480. The first-order valence-electron chi connectivity index (χ1n) is 9.00. The molecule has 158 valence electrons. The molecule has 0 bridgehead atoms. The molecule has 1 N–H and O–H groups in total. The minimum Gasteiger partial charge on any atom is -0.370 e. The van der Waals surface area contributed by atoms with Crippen molar-refractivity contribution in [3.63, 3.8) is 0 Å². The van der Waals surface area contributed by atoms with E-state index in [1.165, 1.54) is 16.4 Å². The predicted molar refractivity (Wildman–Crippen MR) is 106 cm³/mol. The van der Waals surface area contributed by atoms with Crippen LogP contribution in [-0.2, 0) is 20.0 Å². The third-order valence-electron chi connectivity index (χ3n) is 4.69. The number of nitro groups is 1. The summed E-state index contributed by atoms with van der Waals surface area (Å²) < 4.78 is 52.8. The molecular formula is C16H26N4O6S2. The number of anilines is 1. The lowest BCUT2D eigenvalue weighted by Gasteiger charge is -2.35. The molecular weight excluding hydrogens is 408 g/mol. The fraction of sp³-hybridized carbons (Fsp3) is 0.625. The molecule has 1 fully saturated rings. The van der Waals surface area contributed by atoms with E-state index in [2.05, 4.69) is 4.72 Å². The second kappa shape index (κ2) is 8.72. The van der Waals surface area contributed by atoms with Crippen molar-refractivity contribution in [2.24, 2.45) is 0 Å². The second-order valence-corrected chi connectivity index (χ2v) is 10.3. The standard InChI is InChI=1S/C16H26N4O6S2/c1-4-19(5-2)28(25,26)16-12-14(20(21)22)6-7-15(16)18-10-8-13(9-11-18)17-27(3,23)24/h6-7,12-13,17H,4-5,8-11H2,1-3H3. The Labute approximate surface area is 165 Å². The average Bonchev–Trinajstić information content (AvgIpc) is 2.61. The van der Waals surface area contributed by atoms with Crippen molar-refractivity contribution in [2.45, 2.75) is 37.6 Å². The molecule has 10 nitrogen and oxygen atoms in total. The number of nitro benzene ring substituents is 1. The molecule has 1 aromatic carbocycles. The lowest BCUT2D eigenvalue weighted by Crippen LogP contribution is -2.45. The first kappa shape index (κ1) is 22.5. The molecule has 2 rings (SSSR count). The molecule has 1 saturated heterocycles. The van der Waals surface area contributed by atoms with Crippen LogP contribution in [0.25, 0.3) is 0 Å². The highest BCUT2D eigenvalue weighted by molar-refractivity contribution is 7.89. The molecule has 0 spiro atoms. The summed E-state index contributed by atoms with van der Waals surface area (Å²) in [5, 5.41) is 11.2. The first-order chi connectivity index (χ1) is 13.0. The third-order valence-corrected chi connectivity index (χ3v) is 7.53. The number of non-ortho nitro benzene ring substituents is 1. The van der Waals surface area contributed by atoms with Crippen molar-refractivity contribution in [3.05, 3.63) is 28.3 Å². The minimum atomic E-state index is -3.90. The molecule has 0 aromatic heterocycles. The molecule has 1 heterocycles. The van der Waals surface area contributed by atoms with Crippen molar-refractivity contribution in [2.75, 3.05) is 37.3 Å². The molecule has 0 radical (unpaired) electrons.